The number of rotatable bonds is 12. The SMILES string of the molecule is COc1cc(Nc2nc(OC(=O)N(C)c3cc(Cl)ccc3C)cc(-c3ccc(C)c(C)c3C)n2)ccc1OCCCN1CCN(C(C)C)CC1. The summed E-state index contributed by atoms with van der Waals surface area (Å²) in [5.74, 6) is 1.62. The highest BCUT2D eigenvalue weighted by atomic mass is 35.5. The standard InChI is InChI=1S/C39H49ClN6O4/c1-25(2)46-19-17-45(18-20-46)16-9-21-49-35-15-13-31(23-36(35)48-8)41-38-42-33(32-14-11-26(3)28(5)29(32)6)24-37(43-38)50-39(47)44(7)34-22-30(40)12-10-27(34)4/h10-15,22-25H,9,16-21H2,1-8H3,(H,41,42,43). The van der Waals surface area contributed by atoms with Gasteiger partial charge in [0.2, 0.25) is 11.8 Å². The molecule has 1 aromatic heterocycles. The van der Waals surface area contributed by atoms with Gasteiger partial charge in [0.05, 0.1) is 25.1 Å². The number of benzene rings is 3. The fourth-order valence-corrected chi connectivity index (χ4v) is 6.24. The number of anilines is 3. The summed E-state index contributed by atoms with van der Waals surface area (Å²) in [6.45, 7) is 18.6. The molecule has 1 amide bonds. The molecular formula is C39H49ClN6O4. The van der Waals surface area contributed by atoms with Crippen molar-refractivity contribution >= 4 is 35.0 Å². The molecule has 0 bridgehead atoms. The Bertz CT molecular complexity index is 1810. The zero-order valence-corrected chi connectivity index (χ0v) is 31.2. The molecule has 1 aliphatic rings. The van der Waals surface area contributed by atoms with Crippen LogP contribution in [0.2, 0.25) is 5.02 Å². The van der Waals surface area contributed by atoms with Gasteiger partial charge in [0, 0.05) is 74.2 Å². The van der Waals surface area contributed by atoms with E-state index in [1.54, 1.807) is 32.4 Å². The van der Waals surface area contributed by atoms with Crippen LogP contribution in [0.1, 0.15) is 42.5 Å². The predicted octanol–water partition coefficient (Wildman–Crippen LogP) is 8.21. The van der Waals surface area contributed by atoms with E-state index in [0.717, 1.165) is 55.8 Å². The van der Waals surface area contributed by atoms with Crippen LogP contribution in [0.15, 0.2) is 54.6 Å². The lowest BCUT2D eigenvalue weighted by Gasteiger charge is -2.36. The number of nitrogens with one attached hydrogen (secondary N) is 1. The van der Waals surface area contributed by atoms with E-state index in [0.29, 0.717) is 46.2 Å². The largest absolute Gasteiger partial charge is 0.493 e. The molecule has 2 heterocycles. The number of aromatic nitrogens is 2. The van der Waals surface area contributed by atoms with Gasteiger partial charge in [-0.05, 0) is 94.5 Å². The molecular weight excluding hydrogens is 652 g/mol. The maximum Gasteiger partial charge on any atom is 0.420 e. The number of ether oxygens (including phenoxy) is 3. The molecule has 0 aliphatic carbocycles. The molecule has 1 fully saturated rings. The summed E-state index contributed by atoms with van der Waals surface area (Å²) < 4.78 is 17.7. The molecule has 1 aliphatic heterocycles. The van der Waals surface area contributed by atoms with Crippen molar-refractivity contribution in [3.8, 4) is 28.6 Å². The van der Waals surface area contributed by atoms with Gasteiger partial charge in [-0.25, -0.2) is 9.78 Å². The third-order valence-corrected chi connectivity index (χ3v) is 9.70. The number of hydrogen-bond donors (Lipinski definition) is 1. The summed E-state index contributed by atoms with van der Waals surface area (Å²) in [5, 5.41) is 3.81. The normalized spacial score (nSPS) is 13.7. The third kappa shape index (κ3) is 9.04. The minimum absolute atomic E-state index is 0.101. The van der Waals surface area contributed by atoms with E-state index in [1.807, 2.05) is 37.3 Å². The number of hydrogen-bond acceptors (Lipinski definition) is 9. The minimum Gasteiger partial charge on any atom is -0.493 e. The fraction of sp³-hybridized carbons (Fsp3) is 0.410. The maximum absolute atomic E-state index is 13.4. The Morgan fingerprint density at radius 2 is 1.66 bits per heavy atom. The number of carbonyl (C=O) groups excluding carboxylic acids is 1. The molecule has 0 unspecified atom stereocenters. The number of halogens is 1. The second kappa shape index (κ2) is 16.6. The molecule has 11 heteroatoms. The molecule has 10 nitrogen and oxygen atoms in total. The van der Waals surface area contributed by atoms with Gasteiger partial charge in [-0.2, -0.15) is 4.98 Å². The second-order valence-electron chi connectivity index (χ2n) is 13.1. The maximum atomic E-state index is 13.4. The van der Waals surface area contributed by atoms with Gasteiger partial charge in [-0.15, -0.1) is 0 Å². The molecule has 0 radical (unpaired) electrons. The van der Waals surface area contributed by atoms with Gasteiger partial charge < -0.3 is 24.4 Å². The molecule has 266 valence electrons. The lowest BCUT2D eigenvalue weighted by Crippen LogP contribution is -2.49. The topological polar surface area (TPSA) is 92.3 Å². The van der Waals surface area contributed by atoms with E-state index in [4.69, 9.17) is 30.8 Å². The van der Waals surface area contributed by atoms with Crippen molar-refractivity contribution in [2.24, 2.45) is 0 Å². The molecule has 50 heavy (non-hydrogen) atoms. The number of aryl methyl sites for hydroxylation is 2. The van der Waals surface area contributed by atoms with E-state index >= 15 is 0 Å². The van der Waals surface area contributed by atoms with Gasteiger partial charge in [0.25, 0.3) is 0 Å². The molecule has 5 rings (SSSR count). The van der Waals surface area contributed by atoms with Crippen molar-refractivity contribution in [3.05, 3.63) is 81.9 Å². The Kier molecular flexibility index (Phi) is 12.2. The highest BCUT2D eigenvalue weighted by Gasteiger charge is 2.21. The highest BCUT2D eigenvalue weighted by Crippen LogP contribution is 2.34. The highest BCUT2D eigenvalue weighted by molar-refractivity contribution is 6.31. The van der Waals surface area contributed by atoms with Crippen LogP contribution in [0.5, 0.6) is 17.4 Å². The first-order valence-electron chi connectivity index (χ1n) is 17.2. The van der Waals surface area contributed by atoms with Gasteiger partial charge in [0.1, 0.15) is 0 Å². The molecule has 0 saturated carbocycles. The fourth-order valence-electron chi connectivity index (χ4n) is 6.07. The lowest BCUT2D eigenvalue weighted by atomic mass is 9.97. The van der Waals surface area contributed by atoms with Crippen molar-refractivity contribution < 1.29 is 19.0 Å². The Labute approximate surface area is 301 Å². The molecule has 4 aromatic rings. The van der Waals surface area contributed by atoms with E-state index in [2.05, 4.69) is 60.8 Å². The Morgan fingerprint density at radius 1 is 0.920 bits per heavy atom. The molecule has 0 atom stereocenters. The lowest BCUT2D eigenvalue weighted by molar-refractivity contribution is 0.104. The Balaban J connectivity index is 1.32. The van der Waals surface area contributed by atoms with Crippen molar-refractivity contribution in [2.75, 3.05) is 63.7 Å². The summed E-state index contributed by atoms with van der Waals surface area (Å²) in [4.78, 5) is 29.2. The van der Waals surface area contributed by atoms with Crippen LogP contribution in [0, 0.1) is 27.7 Å². The van der Waals surface area contributed by atoms with E-state index in [9.17, 15) is 4.79 Å². The number of methoxy groups -OCH3 is 1. The van der Waals surface area contributed by atoms with Gasteiger partial charge in [-0.3, -0.25) is 9.80 Å². The number of piperazine rings is 1. The number of nitrogens with zero attached hydrogens (tertiary/aromatic N) is 5. The smallest absolute Gasteiger partial charge is 0.420 e. The van der Waals surface area contributed by atoms with E-state index in [-0.39, 0.29) is 11.8 Å². The second-order valence-corrected chi connectivity index (χ2v) is 13.6. The zero-order chi connectivity index (χ0) is 35.9. The van der Waals surface area contributed by atoms with Crippen molar-refractivity contribution in [3.63, 3.8) is 0 Å². The van der Waals surface area contributed by atoms with Gasteiger partial charge >= 0.3 is 6.09 Å². The van der Waals surface area contributed by atoms with Crippen molar-refractivity contribution in [1.82, 2.24) is 19.8 Å². The first kappa shape index (κ1) is 36.9. The van der Waals surface area contributed by atoms with Crippen molar-refractivity contribution in [2.45, 2.75) is 54.0 Å². The predicted molar refractivity (Wildman–Crippen MR) is 202 cm³/mol. The summed E-state index contributed by atoms with van der Waals surface area (Å²) in [6, 6.07) is 17.3. The Hall–Kier alpha value is -4.38. The summed E-state index contributed by atoms with van der Waals surface area (Å²) in [7, 11) is 3.26. The first-order chi connectivity index (χ1) is 23.9. The quantitative estimate of drug-likeness (QED) is 0.147. The van der Waals surface area contributed by atoms with Gasteiger partial charge in [0.15, 0.2) is 11.5 Å². The third-order valence-electron chi connectivity index (χ3n) is 9.47. The monoisotopic (exact) mass is 700 g/mol. The van der Waals surface area contributed by atoms with Crippen LogP contribution in [0.4, 0.5) is 22.1 Å². The summed E-state index contributed by atoms with van der Waals surface area (Å²) >= 11 is 6.23. The molecule has 1 saturated heterocycles. The van der Waals surface area contributed by atoms with Crippen LogP contribution >= 0.6 is 11.6 Å². The Morgan fingerprint density at radius 3 is 2.38 bits per heavy atom. The van der Waals surface area contributed by atoms with Crippen LogP contribution in [-0.4, -0.2) is 85.4 Å². The number of amides is 1. The molecule has 3 aromatic carbocycles. The van der Waals surface area contributed by atoms with Crippen molar-refractivity contribution in [1.29, 1.82) is 0 Å². The summed E-state index contributed by atoms with van der Waals surface area (Å²) in [6.07, 6.45) is 0.320. The number of carbonyl (C=O) groups is 1. The average molecular weight is 701 g/mol. The minimum atomic E-state index is -0.608. The van der Waals surface area contributed by atoms with Crippen LogP contribution in [-0.2, 0) is 0 Å². The van der Waals surface area contributed by atoms with Crippen LogP contribution in [0.25, 0.3) is 11.3 Å². The van der Waals surface area contributed by atoms with Crippen LogP contribution in [0.3, 0.4) is 0 Å². The zero-order valence-electron chi connectivity index (χ0n) is 30.5. The van der Waals surface area contributed by atoms with E-state index in [1.165, 1.54) is 16.0 Å². The average Bonchev–Trinajstić information content (AvgIpc) is 3.10. The van der Waals surface area contributed by atoms with E-state index < -0.39 is 6.09 Å². The van der Waals surface area contributed by atoms with Gasteiger partial charge in [-0.1, -0.05) is 29.8 Å². The first-order valence-corrected chi connectivity index (χ1v) is 17.5. The molecule has 1 N–H and O–H groups in total. The molecule has 0 spiro atoms. The van der Waals surface area contributed by atoms with Crippen LogP contribution < -0.4 is 24.4 Å². The summed E-state index contributed by atoms with van der Waals surface area (Å²) in [5.41, 5.74) is 7.17.